The number of benzene rings is 3. The molecule has 160 valence electrons. The van der Waals surface area contributed by atoms with Crippen molar-refractivity contribution in [3.8, 4) is 0 Å². The molecule has 0 bridgehead atoms. The van der Waals surface area contributed by atoms with Gasteiger partial charge in [0.25, 0.3) is 5.91 Å². The maximum atomic E-state index is 13.0. The Hall–Kier alpha value is -4.26. The average Bonchev–Trinajstić information content (AvgIpc) is 2.77. The Labute approximate surface area is 184 Å². The highest BCUT2D eigenvalue weighted by Gasteiger charge is 2.33. The third-order valence-electron chi connectivity index (χ3n) is 5.29. The summed E-state index contributed by atoms with van der Waals surface area (Å²) in [4.78, 5) is 50.9. The summed E-state index contributed by atoms with van der Waals surface area (Å²) in [7, 11) is 0. The number of ether oxygens (including phenoxy) is 1. The lowest BCUT2D eigenvalue weighted by atomic mass is 9.82. The smallest absolute Gasteiger partial charge is 0.341 e. The lowest BCUT2D eigenvalue weighted by molar-refractivity contribution is -0.123. The lowest BCUT2D eigenvalue weighted by Gasteiger charge is -2.20. The van der Waals surface area contributed by atoms with Crippen LogP contribution in [-0.2, 0) is 9.53 Å². The number of ketones is 2. The minimum absolute atomic E-state index is 0.0278. The molecule has 0 fully saturated rings. The molecule has 0 aliphatic heterocycles. The van der Waals surface area contributed by atoms with Crippen molar-refractivity contribution in [1.29, 1.82) is 0 Å². The topological polar surface area (TPSA) is 116 Å². The first-order valence-corrected chi connectivity index (χ1v) is 9.97. The summed E-state index contributed by atoms with van der Waals surface area (Å²) in [5.74, 6) is -2.16. The zero-order valence-electron chi connectivity index (χ0n) is 17.5. The number of carbonyl (C=O) groups is 4. The normalized spacial score (nSPS) is 13.1. The van der Waals surface area contributed by atoms with E-state index < -0.39 is 23.8 Å². The van der Waals surface area contributed by atoms with E-state index in [2.05, 4.69) is 5.32 Å². The molecule has 1 aliphatic carbocycles. The van der Waals surface area contributed by atoms with Gasteiger partial charge in [0.1, 0.15) is 0 Å². The monoisotopic (exact) mass is 428 g/mol. The molecule has 3 aromatic rings. The number of nitrogen functional groups attached to an aromatic ring is 1. The zero-order chi connectivity index (χ0) is 23.0. The van der Waals surface area contributed by atoms with Crippen LogP contribution in [0.5, 0.6) is 0 Å². The maximum Gasteiger partial charge on any atom is 0.341 e. The van der Waals surface area contributed by atoms with Gasteiger partial charge in [-0.3, -0.25) is 14.4 Å². The van der Waals surface area contributed by atoms with Crippen LogP contribution in [0.3, 0.4) is 0 Å². The van der Waals surface area contributed by atoms with E-state index in [1.807, 2.05) is 13.0 Å². The van der Waals surface area contributed by atoms with Crippen molar-refractivity contribution >= 4 is 34.8 Å². The summed E-state index contributed by atoms with van der Waals surface area (Å²) >= 11 is 0. The van der Waals surface area contributed by atoms with Crippen molar-refractivity contribution in [3.05, 3.63) is 94.0 Å². The molecule has 3 aromatic carbocycles. The minimum Gasteiger partial charge on any atom is -0.449 e. The summed E-state index contributed by atoms with van der Waals surface area (Å²) in [6, 6.07) is 16.4. The number of hydrogen-bond acceptors (Lipinski definition) is 6. The van der Waals surface area contributed by atoms with Crippen LogP contribution in [0.15, 0.2) is 60.7 Å². The van der Waals surface area contributed by atoms with Crippen molar-refractivity contribution < 1.29 is 23.9 Å². The van der Waals surface area contributed by atoms with Gasteiger partial charge in [0.05, 0.1) is 16.8 Å². The second-order valence-electron chi connectivity index (χ2n) is 7.56. The molecule has 0 radical (unpaired) electrons. The Balaban J connectivity index is 1.57. The predicted molar refractivity (Wildman–Crippen MR) is 119 cm³/mol. The minimum atomic E-state index is -1.11. The van der Waals surface area contributed by atoms with Gasteiger partial charge in [-0.15, -0.1) is 0 Å². The fourth-order valence-electron chi connectivity index (χ4n) is 3.63. The van der Waals surface area contributed by atoms with Crippen molar-refractivity contribution in [2.45, 2.75) is 20.0 Å². The fraction of sp³-hybridized carbons (Fsp3) is 0.120. The Morgan fingerprint density at radius 3 is 2.28 bits per heavy atom. The maximum absolute atomic E-state index is 13.0. The lowest BCUT2D eigenvalue weighted by Crippen LogP contribution is -2.30. The molecule has 1 aliphatic rings. The average molecular weight is 428 g/mol. The number of esters is 1. The van der Waals surface area contributed by atoms with Gasteiger partial charge in [-0.1, -0.05) is 36.4 Å². The molecule has 1 unspecified atom stereocenters. The van der Waals surface area contributed by atoms with E-state index in [0.29, 0.717) is 11.3 Å². The van der Waals surface area contributed by atoms with Gasteiger partial charge >= 0.3 is 5.97 Å². The van der Waals surface area contributed by atoms with Crippen molar-refractivity contribution in [1.82, 2.24) is 0 Å². The molecule has 0 saturated carbocycles. The van der Waals surface area contributed by atoms with Gasteiger partial charge in [0, 0.05) is 22.4 Å². The molecule has 4 rings (SSSR count). The molecular weight excluding hydrogens is 408 g/mol. The summed E-state index contributed by atoms with van der Waals surface area (Å²) in [6.45, 7) is 3.32. The van der Waals surface area contributed by atoms with Crippen LogP contribution < -0.4 is 11.1 Å². The molecule has 7 nitrogen and oxygen atoms in total. The van der Waals surface area contributed by atoms with Gasteiger partial charge < -0.3 is 15.8 Å². The third-order valence-corrected chi connectivity index (χ3v) is 5.29. The predicted octanol–water partition coefficient (Wildman–Crippen LogP) is 3.54. The molecule has 0 saturated heterocycles. The molecular formula is C25H20N2O5. The van der Waals surface area contributed by atoms with Crippen LogP contribution >= 0.6 is 0 Å². The highest BCUT2D eigenvalue weighted by atomic mass is 16.5. The Morgan fingerprint density at radius 1 is 0.906 bits per heavy atom. The second kappa shape index (κ2) is 8.11. The number of aryl methyl sites for hydroxylation is 1. The van der Waals surface area contributed by atoms with Crippen LogP contribution in [-0.4, -0.2) is 29.5 Å². The SMILES string of the molecule is Cc1cccc(NC(=O)C(C)OC(=O)c2ccc3c(c2N)C(=O)c2ccccc2C3=O)c1. The van der Waals surface area contributed by atoms with E-state index >= 15 is 0 Å². The van der Waals surface area contributed by atoms with E-state index in [1.165, 1.54) is 19.1 Å². The van der Waals surface area contributed by atoms with E-state index in [-0.39, 0.29) is 33.7 Å². The Morgan fingerprint density at radius 2 is 1.59 bits per heavy atom. The highest BCUT2D eigenvalue weighted by Crippen LogP contribution is 2.33. The molecule has 0 aromatic heterocycles. The first-order valence-electron chi connectivity index (χ1n) is 9.97. The quantitative estimate of drug-likeness (QED) is 0.379. The number of fused-ring (bicyclic) bond motifs is 2. The van der Waals surface area contributed by atoms with Crippen LogP contribution in [0.25, 0.3) is 0 Å². The standard InChI is InChI=1S/C25H20N2O5/c1-13-6-5-7-15(12-13)27-24(30)14(2)32-25(31)19-11-10-18-20(21(19)26)23(29)17-9-4-3-8-16(17)22(18)28/h3-12,14H,26H2,1-2H3,(H,27,30). The molecule has 1 atom stereocenters. The van der Waals surface area contributed by atoms with E-state index in [9.17, 15) is 19.2 Å². The Kier molecular flexibility index (Phi) is 5.32. The van der Waals surface area contributed by atoms with Crippen LogP contribution in [0, 0.1) is 6.92 Å². The molecule has 3 N–H and O–H groups in total. The fourth-order valence-corrected chi connectivity index (χ4v) is 3.63. The van der Waals surface area contributed by atoms with Crippen molar-refractivity contribution in [3.63, 3.8) is 0 Å². The van der Waals surface area contributed by atoms with E-state index in [1.54, 1.807) is 42.5 Å². The number of amides is 1. The van der Waals surface area contributed by atoms with Crippen molar-refractivity contribution in [2.24, 2.45) is 0 Å². The number of carbonyl (C=O) groups excluding carboxylic acids is 4. The molecule has 32 heavy (non-hydrogen) atoms. The molecule has 7 heteroatoms. The summed E-state index contributed by atoms with van der Waals surface area (Å²) < 4.78 is 5.28. The first kappa shape index (κ1) is 21.0. The van der Waals surface area contributed by atoms with Gasteiger partial charge in [-0.05, 0) is 43.7 Å². The zero-order valence-corrected chi connectivity index (χ0v) is 17.5. The number of hydrogen-bond donors (Lipinski definition) is 2. The highest BCUT2D eigenvalue weighted by molar-refractivity contribution is 6.30. The Bertz CT molecular complexity index is 1300. The number of anilines is 2. The largest absolute Gasteiger partial charge is 0.449 e. The second-order valence-corrected chi connectivity index (χ2v) is 7.56. The molecule has 0 spiro atoms. The van der Waals surface area contributed by atoms with E-state index in [4.69, 9.17) is 10.5 Å². The van der Waals surface area contributed by atoms with Gasteiger partial charge in [-0.25, -0.2) is 4.79 Å². The van der Waals surface area contributed by atoms with Crippen LogP contribution in [0.1, 0.15) is 54.7 Å². The summed E-state index contributed by atoms with van der Waals surface area (Å²) in [5, 5.41) is 2.68. The van der Waals surface area contributed by atoms with Gasteiger partial charge in [-0.2, -0.15) is 0 Å². The number of nitrogens with two attached hydrogens (primary N) is 1. The molecule has 0 heterocycles. The first-order chi connectivity index (χ1) is 15.3. The summed E-state index contributed by atoms with van der Waals surface area (Å²) in [5.41, 5.74) is 8.07. The van der Waals surface area contributed by atoms with Crippen LogP contribution in [0.4, 0.5) is 11.4 Å². The third kappa shape index (κ3) is 3.65. The number of nitrogens with one attached hydrogen (secondary N) is 1. The van der Waals surface area contributed by atoms with Crippen LogP contribution in [0.2, 0.25) is 0 Å². The summed E-state index contributed by atoms with van der Waals surface area (Å²) in [6.07, 6.45) is -1.11. The van der Waals surface area contributed by atoms with E-state index in [0.717, 1.165) is 5.56 Å². The number of rotatable bonds is 4. The van der Waals surface area contributed by atoms with Crippen molar-refractivity contribution in [2.75, 3.05) is 11.1 Å². The molecule has 1 amide bonds. The van der Waals surface area contributed by atoms with Gasteiger partial charge in [0.2, 0.25) is 0 Å². The van der Waals surface area contributed by atoms with Gasteiger partial charge in [0.15, 0.2) is 17.7 Å².